The minimum atomic E-state index is 0.292. The minimum absolute atomic E-state index is 0.292. The van der Waals surface area contributed by atoms with Crippen molar-refractivity contribution < 1.29 is 4.18 Å². The predicted octanol–water partition coefficient (Wildman–Crippen LogP) is 2.51. The molecule has 0 radical (unpaired) electrons. The van der Waals surface area contributed by atoms with Crippen LogP contribution in [0, 0.1) is 11.3 Å². The zero-order valence-corrected chi connectivity index (χ0v) is 7.91. The quantitative estimate of drug-likeness (QED) is 0.380. The molecule has 0 aromatic carbocycles. The summed E-state index contributed by atoms with van der Waals surface area (Å²) in [5.41, 5.74) is 0.680. The summed E-state index contributed by atoms with van der Waals surface area (Å²) in [6.07, 6.45) is 4.48. The van der Waals surface area contributed by atoms with Crippen LogP contribution in [0.25, 0.3) is 0 Å². The number of nitrogens with one attached hydrogen (secondary N) is 1. The van der Waals surface area contributed by atoms with Gasteiger partial charge < -0.3 is 9.59 Å². The summed E-state index contributed by atoms with van der Waals surface area (Å²) in [6, 6.07) is 0. The first-order chi connectivity index (χ1) is 5.20. The molecule has 0 fully saturated rings. The smallest absolute Gasteiger partial charge is 0.0679 e. The Hall–Kier alpha value is -0.280. The summed E-state index contributed by atoms with van der Waals surface area (Å²) in [4.78, 5) is 0. The highest BCUT2D eigenvalue weighted by Gasteiger charge is 2.04. The molecule has 0 aliphatic carbocycles. The van der Waals surface area contributed by atoms with E-state index in [-0.39, 0.29) is 0 Å². The van der Waals surface area contributed by atoms with Gasteiger partial charge in [0.2, 0.25) is 0 Å². The third kappa shape index (κ3) is 6.13. The van der Waals surface area contributed by atoms with E-state index in [4.69, 9.17) is 9.59 Å². The van der Waals surface area contributed by atoms with Gasteiger partial charge in [0.25, 0.3) is 0 Å². The Kier molecular flexibility index (Phi) is 6.27. The zero-order chi connectivity index (χ0) is 8.69. The maximum absolute atomic E-state index is 7.25. The highest BCUT2D eigenvalue weighted by Crippen LogP contribution is 2.08. The van der Waals surface area contributed by atoms with Crippen LogP contribution in [0.2, 0.25) is 0 Å². The molecule has 1 atom stereocenters. The third-order valence-electron chi connectivity index (χ3n) is 1.30. The molecule has 11 heavy (non-hydrogen) atoms. The van der Waals surface area contributed by atoms with Crippen LogP contribution in [0.4, 0.5) is 0 Å². The van der Waals surface area contributed by atoms with Crippen molar-refractivity contribution in [1.82, 2.24) is 0 Å². The standard InChI is InChI=1S/C8H15NOS/c1-4-8(5-7(2)9)6-10-11-3/h4,8-9H,1,5-6H2,2-3H3/t8-/m1/s1. The Morgan fingerprint density at radius 1 is 1.82 bits per heavy atom. The molecular formula is C8H15NOS. The Bertz CT molecular complexity index is 136. The van der Waals surface area contributed by atoms with Crippen molar-refractivity contribution >= 4 is 17.8 Å². The normalized spacial score (nSPS) is 12.5. The van der Waals surface area contributed by atoms with Gasteiger partial charge >= 0.3 is 0 Å². The van der Waals surface area contributed by atoms with Gasteiger partial charge in [0.05, 0.1) is 6.61 Å². The Labute approximate surface area is 72.7 Å². The van der Waals surface area contributed by atoms with Gasteiger partial charge in [-0.1, -0.05) is 6.08 Å². The molecule has 0 unspecified atom stereocenters. The molecule has 0 aliphatic heterocycles. The summed E-state index contributed by atoms with van der Waals surface area (Å²) in [7, 11) is 0. The van der Waals surface area contributed by atoms with Crippen LogP contribution in [0.5, 0.6) is 0 Å². The fraction of sp³-hybridized carbons (Fsp3) is 0.625. The van der Waals surface area contributed by atoms with Crippen LogP contribution in [0.15, 0.2) is 12.7 Å². The Morgan fingerprint density at radius 3 is 2.82 bits per heavy atom. The molecule has 0 aromatic heterocycles. The van der Waals surface area contributed by atoms with Crippen molar-refractivity contribution in [2.45, 2.75) is 13.3 Å². The molecule has 0 aliphatic rings. The van der Waals surface area contributed by atoms with Gasteiger partial charge in [0.1, 0.15) is 0 Å². The lowest BCUT2D eigenvalue weighted by Gasteiger charge is -2.09. The first-order valence-electron chi connectivity index (χ1n) is 3.53. The van der Waals surface area contributed by atoms with Crippen molar-refractivity contribution in [3.05, 3.63) is 12.7 Å². The van der Waals surface area contributed by atoms with Crippen molar-refractivity contribution in [1.29, 1.82) is 5.41 Å². The molecule has 0 saturated carbocycles. The van der Waals surface area contributed by atoms with E-state index < -0.39 is 0 Å². The maximum atomic E-state index is 7.25. The average molecular weight is 173 g/mol. The van der Waals surface area contributed by atoms with Gasteiger partial charge in [-0.2, -0.15) is 0 Å². The Morgan fingerprint density at radius 2 is 2.45 bits per heavy atom. The van der Waals surface area contributed by atoms with E-state index in [1.807, 2.05) is 12.3 Å². The van der Waals surface area contributed by atoms with Crippen LogP contribution in [-0.4, -0.2) is 18.6 Å². The molecule has 0 heterocycles. The van der Waals surface area contributed by atoms with E-state index in [1.165, 1.54) is 12.0 Å². The molecule has 0 spiro atoms. The fourth-order valence-corrected chi connectivity index (χ4v) is 1.07. The summed E-state index contributed by atoms with van der Waals surface area (Å²) < 4.78 is 5.14. The highest BCUT2D eigenvalue weighted by molar-refractivity contribution is 7.93. The van der Waals surface area contributed by atoms with E-state index in [0.29, 0.717) is 18.2 Å². The minimum Gasteiger partial charge on any atom is -0.315 e. The largest absolute Gasteiger partial charge is 0.315 e. The molecule has 2 nitrogen and oxygen atoms in total. The summed E-state index contributed by atoms with van der Waals surface area (Å²) in [5.74, 6) is 0.292. The molecule has 0 bridgehead atoms. The van der Waals surface area contributed by atoms with Gasteiger partial charge in [-0.3, -0.25) is 0 Å². The topological polar surface area (TPSA) is 33.1 Å². The second-order valence-corrected chi connectivity index (χ2v) is 3.00. The summed E-state index contributed by atoms with van der Waals surface area (Å²) >= 11 is 1.35. The highest BCUT2D eigenvalue weighted by atomic mass is 32.2. The van der Waals surface area contributed by atoms with Crippen molar-refractivity contribution in [2.24, 2.45) is 5.92 Å². The maximum Gasteiger partial charge on any atom is 0.0679 e. The lowest BCUT2D eigenvalue weighted by Crippen LogP contribution is -2.07. The lowest BCUT2D eigenvalue weighted by molar-refractivity contribution is 0.327. The molecule has 0 amide bonds. The second kappa shape index (κ2) is 6.43. The number of hydrogen-bond donors (Lipinski definition) is 1. The Balaban J connectivity index is 3.57. The number of hydrogen-bond acceptors (Lipinski definition) is 3. The SMILES string of the molecule is C=C[C@@H](COSC)CC(C)=N. The van der Waals surface area contributed by atoms with Crippen molar-refractivity contribution in [2.75, 3.05) is 12.9 Å². The van der Waals surface area contributed by atoms with Crippen LogP contribution in [0.1, 0.15) is 13.3 Å². The van der Waals surface area contributed by atoms with Gasteiger partial charge in [0.15, 0.2) is 0 Å². The molecule has 64 valence electrons. The van der Waals surface area contributed by atoms with Gasteiger partial charge in [-0.25, -0.2) is 0 Å². The van der Waals surface area contributed by atoms with E-state index in [0.717, 1.165) is 6.42 Å². The van der Waals surface area contributed by atoms with Crippen molar-refractivity contribution in [3.63, 3.8) is 0 Å². The van der Waals surface area contributed by atoms with Crippen LogP contribution in [-0.2, 0) is 4.18 Å². The molecule has 1 N–H and O–H groups in total. The van der Waals surface area contributed by atoms with E-state index in [9.17, 15) is 0 Å². The predicted molar refractivity (Wildman–Crippen MR) is 51.2 cm³/mol. The molecular weight excluding hydrogens is 158 g/mol. The van der Waals surface area contributed by atoms with E-state index in [2.05, 4.69) is 6.58 Å². The first kappa shape index (κ1) is 10.7. The monoisotopic (exact) mass is 173 g/mol. The van der Waals surface area contributed by atoms with Gasteiger partial charge in [0, 0.05) is 17.9 Å². The summed E-state index contributed by atoms with van der Waals surface area (Å²) in [6.45, 7) is 6.14. The first-order valence-corrected chi connectivity index (χ1v) is 4.68. The lowest BCUT2D eigenvalue weighted by atomic mass is 10.0. The summed E-state index contributed by atoms with van der Waals surface area (Å²) in [5, 5.41) is 7.25. The number of rotatable bonds is 6. The van der Waals surface area contributed by atoms with Crippen molar-refractivity contribution in [3.8, 4) is 0 Å². The second-order valence-electron chi connectivity index (χ2n) is 2.43. The van der Waals surface area contributed by atoms with E-state index >= 15 is 0 Å². The third-order valence-corrected chi connectivity index (χ3v) is 1.67. The molecule has 3 heteroatoms. The van der Waals surface area contributed by atoms with Crippen LogP contribution < -0.4 is 0 Å². The van der Waals surface area contributed by atoms with Crippen LogP contribution in [0.3, 0.4) is 0 Å². The fourth-order valence-electron chi connectivity index (χ4n) is 0.759. The molecule has 0 rings (SSSR count). The average Bonchev–Trinajstić information content (AvgIpc) is 1.97. The van der Waals surface area contributed by atoms with Gasteiger partial charge in [-0.05, 0) is 25.4 Å². The van der Waals surface area contributed by atoms with Gasteiger partial charge in [-0.15, -0.1) is 6.58 Å². The zero-order valence-electron chi connectivity index (χ0n) is 7.09. The molecule has 0 saturated heterocycles. The molecule has 0 aromatic rings. The van der Waals surface area contributed by atoms with Crippen LogP contribution >= 0.6 is 12.0 Å². The van der Waals surface area contributed by atoms with E-state index in [1.54, 1.807) is 6.92 Å².